The van der Waals surface area contributed by atoms with Gasteiger partial charge in [0.05, 0.1) is 5.60 Å². The second kappa shape index (κ2) is 4.70. The first kappa shape index (κ1) is 15.2. The van der Waals surface area contributed by atoms with E-state index in [9.17, 15) is 5.11 Å². The van der Waals surface area contributed by atoms with Crippen molar-refractivity contribution in [2.75, 3.05) is 0 Å². The SMILES string of the molecule is C=CCC(O)(C1CC=C(C)C1(C)C)C(C)(C)C=C. The highest BCUT2D eigenvalue weighted by molar-refractivity contribution is 5.24. The molecular weight excluding hydrogens is 220 g/mol. The van der Waals surface area contributed by atoms with Crippen LogP contribution >= 0.6 is 0 Å². The van der Waals surface area contributed by atoms with Crippen molar-refractivity contribution in [1.29, 1.82) is 0 Å². The first-order valence-electron chi connectivity index (χ1n) is 6.77. The molecule has 0 saturated carbocycles. The molecule has 1 N–H and O–H groups in total. The largest absolute Gasteiger partial charge is 0.388 e. The number of allylic oxidation sites excluding steroid dienone is 2. The summed E-state index contributed by atoms with van der Waals surface area (Å²) in [6.07, 6.45) is 7.49. The molecule has 0 aromatic rings. The summed E-state index contributed by atoms with van der Waals surface area (Å²) in [4.78, 5) is 0. The Morgan fingerprint density at radius 3 is 2.33 bits per heavy atom. The third-order valence-corrected chi connectivity index (χ3v) is 5.21. The van der Waals surface area contributed by atoms with Crippen molar-refractivity contribution in [1.82, 2.24) is 0 Å². The summed E-state index contributed by atoms with van der Waals surface area (Å²) in [5.41, 5.74) is 0.267. The van der Waals surface area contributed by atoms with Crippen molar-refractivity contribution in [3.8, 4) is 0 Å². The molecule has 0 heterocycles. The molecule has 102 valence electrons. The Bertz CT molecular complexity index is 373. The smallest absolute Gasteiger partial charge is 0.0805 e. The maximum atomic E-state index is 11.3. The minimum Gasteiger partial charge on any atom is -0.388 e. The van der Waals surface area contributed by atoms with Gasteiger partial charge in [-0.2, -0.15) is 0 Å². The van der Waals surface area contributed by atoms with Gasteiger partial charge < -0.3 is 5.11 Å². The molecule has 0 aliphatic heterocycles. The molecule has 2 unspecified atom stereocenters. The summed E-state index contributed by atoms with van der Waals surface area (Å²) < 4.78 is 0. The number of hydrogen-bond acceptors (Lipinski definition) is 1. The molecule has 0 aromatic heterocycles. The molecule has 2 atom stereocenters. The Hall–Kier alpha value is -0.820. The van der Waals surface area contributed by atoms with E-state index in [2.05, 4.69) is 53.9 Å². The van der Waals surface area contributed by atoms with Gasteiger partial charge in [0.15, 0.2) is 0 Å². The lowest BCUT2D eigenvalue weighted by Crippen LogP contribution is -2.53. The summed E-state index contributed by atoms with van der Waals surface area (Å²) in [6.45, 7) is 18.5. The van der Waals surface area contributed by atoms with E-state index in [0.29, 0.717) is 6.42 Å². The summed E-state index contributed by atoms with van der Waals surface area (Å²) in [5, 5.41) is 11.3. The minimum atomic E-state index is -0.797. The van der Waals surface area contributed by atoms with E-state index < -0.39 is 5.60 Å². The fraction of sp³-hybridized carbons (Fsp3) is 0.647. The van der Waals surface area contributed by atoms with E-state index in [4.69, 9.17) is 0 Å². The van der Waals surface area contributed by atoms with Crippen LogP contribution in [0, 0.1) is 16.7 Å². The first-order chi connectivity index (χ1) is 8.13. The molecule has 1 aliphatic rings. The van der Waals surface area contributed by atoms with Crippen molar-refractivity contribution >= 4 is 0 Å². The van der Waals surface area contributed by atoms with Crippen molar-refractivity contribution in [2.45, 2.75) is 53.1 Å². The lowest BCUT2D eigenvalue weighted by Gasteiger charge is -2.50. The van der Waals surface area contributed by atoms with Gasteiger partial charge in [-0.3, -0.25) is 0 Å². The quantitative estimate of drug-likeness (QED) is 0.710. The van der Waals surface area contributed by atoms with Crippen LogP contribution in [-0.2, 0) is 0 Å². The number of rotatable bonds is 5. The molecule has 0 fully saturated rings. The van der Waals surface area contributed by atoms with Gasteiger partial charge in [0.2, 0.25) is 0 Å². The van der Waals surface area contributed by atoms with Gasteiger partial charge in [-0.05, 0) is 25.2 Å². The Morgan fingerprint density at radius 2 is 2.00 bits per heavy atom. The molecule has 1 rings (SSSR count). The summed E-state index contributed by atoms with van der Waals surface area (Å²) in [5.74, 6) is 0.205. The third-order valence-electron chi connectivity index (χ3n) is 5.21. The van der Waals surface area contributed by atoms with Crippen LogP contribution in [0.15, 0.2) is 37.0 Å². The van der Waals surface area contributed by atoms with E-state index in [-0.39, 0.29) is 16.7 Å². The lowest BCUT2D eigenvalue weighted by atomic mass is 9.58. The zero-order valence-corrected chi connectivity index (χ0v) is 12.6. The monoisotopic (exact) mass is 248 g/mol. The summed E-state index contributed by atoms with van der Waals surface area (Å²) >= 11 is 0. The summed E-state index contributed by atoms with van der Waals surface area (Å²) in [6, 6.07) is 0. The molecule has 1 nitrogen and oxygen atoms in total. The molecule has 0 radical (unpaired) electrons. The van der Waals surface area contributed by atoms with Gasteiger partial charge in [-0.25, -0.2) is 0 Å². The van der Waals surface area contributed by atoms with Gasteiger partial charge in [0, 0.05) is 11.3 Å². The van der Waals surface area contributed by atoms with E-state index in [1.165, 1.54) is 5.57 Å². The molecule has 0 saturated heterocycles. The molecule has 0 spiro atoms. The van der Waals surface area contributed by atoms with Crippen LogP contribution in [0.4, 0.5) is 0 Å². The summed E-state index contributed by atoms with van der Waals surface area (Å²) in [7, 11) is 0. The van der Waals surface area contributed by atoms with Crippen molar-refractivity contribution in [3.63, 3.8) is 0 Å². The van der Waals surface area contributed by atoms with Crippen molar-refractivity contribution < 1.29 is 5.11 Å². The maximum absolute atomic E-state index is 11.3. The highest BCUT2D eigenvalue weighted by Crippen LogP contribution is 2.54. The molecule has 0 amide bonds. The van der Waals surface area contributed by atoms with Crippen LogP contribution in [0.25, 0.3) is 0 Å². The van der Waals surface area contributed by atoms with Crippen LogP contribution < -0.4 is 0 Å². The Labute approximate surface area is 112 Å². The van der Waals surface area contributed by atoms with Gasteiger partial charge in [-0.1, -0.05) is 51.5 Å². The molecular formula is C17H28O. The van der Waals surface area contributed by atoms with Crippen molar-refractivity contribution in [2.24, 2.45) is 16.7 Å². The van der Waals surface area contributed by atoms with Gasteiger partial charge in [-0.15, -0.1) is 13.2 Å². The third kappa shape index (κ3) is 2.09. The zero-order valence-electron chi connectivity index (χ0n) is 12.6. The average molecular weight is 248 g/mol. The second-order valence-electron chi connectivity index (χ2n) is 6.74. The highest BCUT2D eigenvalue weighted by atomic mass is 16.3. The standard InChI is InChI=1S/C17H28O/c1-8-12-17(18,15(4,5)9-2)14-11-10-13(3)16(14,6)7/h8-10,14,18H,1-2,11-12H2,3-7H3. The van der Waals surface area contributed by atoms with E-state index >= 15 is 0 Å². The molecule has 1 aliphatic carbocycles. The Kier molecular flexibility index (Phi) is 3.97. The van der Waals surface area contributed by atoms with E-state index in [1.807, 2.05) is 12.2 Å². The van der Waals surface area contributed by atoms with Crippen LogP contribution in [0.2, 0.25) is 0 Å². The average Bonchev–Trinajstić information content (AvgIpc) is 2.54. The predicted molar refractivity (Wildman–Crippen MR) is 79.4 cm³/mol. The molecule has 18 heavy (non-hydrogen) atoms. The van der Waals surface area contributed by atoms with Crippen LogP contribution in [0.5, 0.6) is 0 Å². The Balaban J connectivity index is 3.23. The molecule has 0 aromatic carbocycles. The van der Waals surface area contributed by atoms with Crippen LogP contribution in [0.1, 0.15) is 47.5 Å². The fourth-order valence-corrected chi connectivity index (χ4v) is 3.17. The Morgan fingerprint density at radius 1 is 1.44 bits per heavy atom. The first-order valence-corrected chi connectivity index (χ1v) is 6.77. The van der Waals surface area contributed by atoms with E-state index in [0.717, 1.165) is 6.42 Å². The molecule has 1 heteroatoms. The van der Waals surface area contributed by atoms with Gasteiger partial charge >= 0.3 is 0 Å². The predicted octanol–water partition coefficient (Wildman–Crippen LogP) is 4.50. The fourth-order valence-electron chi connectivity index (χ4n) is 3.17. The van der Waals surface area contributed by atoms with Crippen LogP contribution in [0.3, 0.4) is 0 Å². The van der Waals surface area contributed by atoms with E-state index in [1.54, 1.807) is 0 Å². The second-order valence-corrected chi connectivity index (χ2v) is 6.74. The molecule has 0 bridgehead atoms. The van der Waals surface area contributed by atoms with Gasteiger partial charge in [0.1, 0.15) is 0 Å². The topological polar surface area (TPSA) is 20.2 Å². The normalized spacial score (nSPS) is 26.3. The number of aliphatic hydroxyl groups is 1. The number of hydrogen-bond donors (Lipinski definition) is 1. The zero-order chi connectivity index (χ0) is 14.2. The van der Waals surface area contributed by atoms with Crippen molar-refractivity contribution in [3.05, 3.63) is 37.0 Å². The lowest BCUT2D eigenvalue weighted by molar-refractivity contribution is -0.113. The maximum Gasteiger partial charge on any atom is 0.0805 e. The van der Waals surface area contributed by atoms with Crippen LogP contribution in [-0.4, -0.2) is 10.7 Å². The highest BCUT2D eigenvalue weighted by Gasteiger charge is 2.53. The van der Waals surface area contributed by atoms with Gasteiger partial charge in [0.25, 0.3) is 0 Å². The minimum absolute atomic E-state index is 0.0258.